The van der Waals surface area contributed by atoms with Gasteiger partial charge in [-0.1, -0.05) is 6.42 Å². The fourth-order valence-corrected chi connectivity index (χ4v) is 1.62. The first kappa shape index (κ1) is 9.05. The Balaban J connectivity index is 2.16. The molecule has 0 bridgehead atoms. The molecule has 2 N–H and O–H groups in total. The maximum atomic E-state index is 10.4. The SMILES string of the molecule is Cn1nc(C2CCC2)cc1NC(=O)O. The Kier molecular flexibility index (Phi) is 2.15. The third-order valence-electron chi connectivity index (χ3n) is 2.66. The molecule has 2 rings (SSSR count). The molecule has 1 fully saturated rings. The van der Waals surface area contributed by atoms with E-state index in [-0.39, 0.29) is 0 Å². The Morgan fingerprint density at radius 2 is 2.43 bits per heavy atom. The molecule has 1 saturated carbocycles. The molecule has 5 nitrogen and oxygen atoms in total. The average Bonchev–Trinajstić information content (AvgIpc) is 2.27. The molecule has 0 aliphatic heterocycles. The average molecular weight is 195 g/mol. The van der Waals surface area contributed by atoms with Crippen LogP contribution in [-0.4, -0.2) is 21.0 Å². The highest BCUT2D eigenvalue weighted by Crippen LogP contribution is 2.36. The van der Waals surface area contributed by atoms with E-state index in [9.17, 15) is 4.79 Å². The summed E-state index contributed by atoms with van der Waals surface area (Å²) in [6.45, 7) is 0. The van der Waals surface area contributed by atoms with E-state index in [1.54, 1.807) is 11.7 Å². The Morgan fingerprint density at radius 3 is 2.93 bits per heavy atom. The fourth-order valence-electron chi connectivity index (χ4n) is 1.62. The summed E-state index contributed by atoms with van der Waals surface area (Å²) >= 11 is 0. The number of carbonyl (C=O) groups is 1. The first-order chi connectivity index (χ1) is 6.66. The van der Waals surface area contributed by atoms with E-state index in [2.05, 4.69) is 10.4 Å². The standard InChI is InChI=1S/C9H13N3O2/c1-12-8(10-9(13)14)5-7(11-12)6-3-2-4-6/h5-6,10H,2-4H2,1H3,(H,13,14). The quantitative estimate of drug-likeness (QED) is 0.755. The number of nitrogens with one attached hydrogen (secondary N) is 1. The smallest absolute Gasteiger partial charge is 0.410 e. The lowest BCUT2D eigenvalue weighted by atomic mass is 9.83. The number of amides is 1. The van der Waals surface area contributed by atoms with E-state index in [0.29, 0.717) is 11.7 Å². The second-order valence-corrected chi connectivity index (χ2v) is 3.64. The molecule has 0 spiro atoms. The summed E-state index contributed by atoms with van der Waals surface area (Å²) in [5.41, 5.74) is 1.00. The van der Waals surface area contributed by atoms with Crippen LogP contribution in [0.3, 0.4) is 0 Å². The molecule has 1 aromatic heterocycles. The van der Waals surface area contributed by atoms with Crippen molar-refractivity contribution in [2.75, 3.05) is 5.32 Å². The van der Waals surface area contributed by atoms with Crippen molar-refractivity contribution >= 4 is 11.9 Å². The predicted molar refractivity (Wildman–Crippen MR) is 51.4 cm³/mol. The molecular weight excluding hydrogens is 182 g/mol. The minimum Gasteiger partial charge on any atom is -0.465 e. The van der Waals surface area contributed by atoms with E-state index >= 15 is 0 Å². The van der Waals surface area contributed by atoms with E-state index in [1.165, 1.54) is 19.3 Å². The van der Waals surface area contributed by atoms with Crippen molar-refractivity contribution in [2.45, 2.75) is 25.2 Å². The number of hydrogen-bond donors (Lipinski definition) is 2. The number of aryl methyl sites for hydroxylation is 1. The molecule has 1 aromatic rings. The van der Waals surface area contributed by atoms with Gasteiger partial charge in [-0.3, -0.25) is 10.00 Å². The number of aromatic nitrogens is 2. The number of rotatable bonds is 2. The van der Waals surface area contributed by atoms with Crippen molar-refractivity contribution in [1.29, 1.82) is 0 Å². The Hall–Kier alpha value is -1.52. The third-order valence-corrected chi connectivity index (χ3v) is 2.66. The van der Waals surface area contributed by atoms with Gasteiger partial charge in [0.2, 0.25) is 0 Å². The number of hydrogen-bond acceptors (Lipinski definition) is 2. The third kappa shape index (κ3) is 1.57. The van der Waals surface area contributed by atoms with Crippen molar-refractivity contribution < 1.29 is 9.90 Å². The minimum absolute atomic E-state index is 0.533. The first-order valence-corrected chi connectivity index (χ1v) is 4.70. The normalized spacial score (nSPS) is 16.4. The fraction of sp³-hybridized carbons (Fsp3) is 0.556. The van der Waals surface area contributed by atoms with Crippen molar-refractivity contribution in [1.82, 2.24) is 9.78 Å². The van der Waals surface area contributed by atoms with E-state index in [1.807, 2.05) is 6.07 Å². The lowest BCUT2D eigenvalue weighted by molar-refractivity contribution is 0.209. The Morgan fingerprint density at radius 1 is 1.71 bits per heavy atom. The van der Waals surface area contributed by atoms with Gasteiger partial charge in [-0.2, -0.15) is 5.10 Å². The maximum absolute atomic E-state index is 10.4. The van der Waals surface area contributed by atoms with Crippen LogP contribution in [0.4, 0.5) is 10.6 Å². The molecule has 0 atom stereocenters. The monoisotopic (exact) mass is 195 g/mol. The highest BCUT2D eigenvalue weighted by atomic mass is 16.4. The zero-order chi connectivity index (χ0) is 10.1. The van der Waals surface area contributed by atoms with Crippen LogP contribution < -0.4 is 5.32 Å². The summed E-state index contributed by atoms with van der Waals surface area (Å²) in [5, 5.41) is 15.1. The number of anilines is 1. The summed E-state index contributed by atoms with van der Waals surface area (Å²) < 4.78 is 1.57. The summed E-state index contributed by atoms with van der Waals surface area (Å²) in [5.74, 6) is 1.07. The number of carboxylic acid groups (broad SMARTS) is 1. The lowest BCUT2D eigenvalue weighted by Crippen LogP contribution is -2.10. The van der Waals surface area contributed by atoms with Gasteiger partial charge in [-0.25, -0.2) is 4.79 Å². The molecule has 76 valence electrons. The van der Waals surface area contributed by atoms with Gasteiger partial charge >= 0.3 is 6.09 Å². The molecule has 1 aliphatic carbocycles. The molecule has 0 saturated heterocycles. The topological polar surface area (TPSA) is 67.2 Å². The molecule has 0 radical (unpaired) electrons. The number of nitrogens with zero attached hydrogens (tertiary/aromatic N) is 2. The Bertz CT molecular complexity index is 355. The molecule has 0 aromatic carbocycles. The Labute approximate surface area is 81.7 Å². The second-order valence-electron chi connectivity index (χ2n) is 3.64. The van der Waals surface area contributed by atoms with Crippen molar-refractivity contribution in [3.8, 4) is 0 Å². The van der Waals surface area contributed by atoms with Gasteiger partial charge in [-0.15, -0.1) is 0 Å². The zero-order valence-electron chi connectivity index (χ0n) is 8.03. The second kappa shape index (κ2) is 3.32. The first-order valence-electron chi connectivity index (χ1n) is 4.70. The van der Waals surface area contributed by atoms with Gasteiger partial charge in [0.15, 0.2) is 0 Å². The van der Waals surface area contributed by atoms with Crippen LogP contribution >= 0.6 is 0 Å². The van der Waals surface area contributed by atoms with Crippen molar-refractivity contribution in [3.05, 3.63) is 11.8 Å². The van der Waals surface area contributed by atoms with Gasteiger partial charge in [0.05, 0.1) is 5.69 Å². The van der Waals surface area contributed by atoms with Gasteiger partial charge in [0.1, 0.15) is 5.82 Å². The van der Waals surface area contributed by atoms with Gasteiger partial charge in [0, 0.05) is 19.0 Å². The van der Waals surface area contributed by atoms with E-state index in [4.69, 9.17) is 5.11 Å². The minimum atomic E-state index is -1.05. The van der Waals surface area contributed by atoms with Gasteiger partial charge in [0.25, 0.3) is 0 Å². The zero-order valence-corrected chi connectivity index (χ0v) is 8.03. The van der Waals surface area contributed by atoms with Crippen LogP contribution in [0.1, 0.15) is 30.9 Å². The maximum Gasteiger partial charge on any atom is 0.410 e. The highest BCUT2D eigenvalue weighted by molar-refractivity contribution is 5.81. The van der Waals surface area contributed by atoms with E-state index in [0.717, 1.165) is 5.69 Å². The molecule has 0 unspecified atom stereocenters. The molecular formula is C9H13N3O2. The summed E-state index contributed by atoms with van der Waals surface area (Å²) in [6, 6.07) is 1.82. The molecule has 1 aliphatic rings. The van der Waals surface area contributed by atoms with Crippen LogP contribution in [0, 0.1) is 0 Å². The lowest BCUT2D eigenvalue weighted by Gasteiger charge is -2.22. The summed E-state index contributed by atoms with van der Waals surface area (Å²) in [6.07, 6.45) is 2.55. The summed E-state index contributed by atoms with van der Waals surface area (Å²) in [7, 11) is 1.74. The van der Waals surface area contributed by atoms with Crippen molar-refractivity contribution in [2.24, 2.45) is 7.05 Å². The molecule has 14 heavy (non-hydrogen) atoms. The van der Waals surface area contributed by atoms with E-state index < -0.39 is 6.09 Å². The molecule has 5 heteroatoms. The largest absolute Gasteiger partial charge is 0.465 e. The predicted octanol–water partition coefficient (Wildman–Crippen LogP) is 1.78. The van der Waals surface area contributed by atoms with Gasteiger partial charge in [-0.05, 0) is 12.8 Å². The molecule has 1 heterocycles. The van der Waals surface area contributed by atoms with Crippen LogP contribution in [0.15, 0.2) is 6.07 Å². The van der Waals surface area contributed by atoms with Crippen molar-refractivity contribution in [3.63, 3.8) is 0 Å². The van der Waals surface area contributed by atoms with Crippen LogP contribution in [0.25, 0.3) is 0 Å². The highest BCUT2D eigenvalue weighted by Gasteiger charge is 2.23. The van der Waals surface area contributed by atoms with Crippen LogP contribution in [0.2, 0.25) is 0 Å². The summed E-state index contributed by atoms with van der Waals surface area (Å²) in [4.78, 5) is 10.4. The van der Waals surface area contributed by atoms with Crippen LogP contribution in [0.5, 0.6) is 0 Å². The van der Waals surface area contributed by atoms with Gasteiger partial charge < -0.3 is 5.11 Å². The molecule has 1 amide bonds. The van der Waals surface area contributed by atoms with Crippen LogP contribution in [-0.2, 0) is 7.05 Å².